The van der Waals surface area contributed by atoms with Gasteiger partial charge in [0.1, 0.15) is 0 Å². The highest BCUT2D eigenvalue weighted by Gasteiger charge is 2.33. The molecule has 0 unspecified atom stereocenters. The maximum absolute atomic E-state index is 13.0. The van der Waals surface area contributed by atoms with Gasteiger partial charge in [0, 0.05) is 17.1 Å². The molecule has 1 atom stereocenters. The van der Waals surface area contributed by atoms with Crippen LogP contribution >= 0.6 is 11.3 Å². The summed E-state index contributed by atoms with van der Waals surface area (Å²) >= 11 is 1.74. The van der Waals surface area contributed by atoms with E-state index in [0.717, 1.165) is 30.6 Å². The molecular weight excluding hydrogens is 294 g/mol. The SMILES string of the molecule is Cc1c(C(=O)N2CCC[C@H]2c2cccs2)cnn1C(C)(C)C. The Morgan fingerprint density at radius 3 is 2.77 bits per heavy atom. The van der Waals surface area contributed by atoms with Crippen LogP contribution < -0.4 is 0 Å². The van der Waals surface area contributed by atoms with E-state index in [-0.39, 0.29) is 17.5 Å². The highest BCUT2D eigenvalue weighted by Crippen LogP contribution is 2.35. The monoisotopic (exact) mass is 317 g/mol. The van der Waals surface area contributed by atoms with E-state index in [9.17, 15) is 4.79 Å². The number of likely N-dealkylation sites (tertiary alicyclic amines) is 1. The molecule has 0 aromatic carbocycles. The normalized spacial score (nSPS) is 18.9. The Morgan fingerprint density at radius 1 is 1.41 bits per heavy atom. The summed E-state index contributed by atoms with van der Waals surface area (Å²) in [6.07, 6.45) is 3.85. The number of hydrogen-bond acceptors (Lipinski definition) is 3. The average molecular weight is 317 g/mol. The van der Waals surface area contributed by atoms with Crippen molar-refractivity contribution in [1.29, 1.82) is 0 Å². The zero-order valence-electron chi connectivity index (χ0n) is 13.7. The van der Waals surface area contributed by atoms with Gasteiger partial charge >= 0.3 is 0 Å². The number of aromatic nitrogens is 2. The van der Waals surface area contributed by atoms with Crippen molar-refractivity contribution in [3.63, 3.8) is 0 Å². The van der Waals surface area contributed by atoms with E-state index in [1.165, 1.54) is 4.88 Å². The Kier molecular flexibility index (Phi) is 3.85. The van der Waals surface area contributed by atoms with Gasteiger partial charge in [-0.25, -0.2) is 0 Å². The van der Waals surface area contributed by atoms with Gasteiger partial charge < -0.3 is 4.90 Å². The molecule has 1 saturated heterocycles. The van der Waals surface area contributed by atoms with E-state index < -0.39 is 0 Å². The molecule has 0 saturated carbocycles. The quantitative estimate of drug-likeness (QED) is 0.840. The van der Waals surface area contributed by atoms with Crippen LogP contribution in [0.1, 0.15) is 60.6 Å². The van der Waals surface area contributed by atoms with Crippen molar-refractivity contribution in [2.45, 2.75) is 52.1 Å². The number of thiophene rings is 1. The lowest BCUT2D eigenvalue weighted by Gasteiger charge is -2.25. The molecule has 3 rings (SSSR count). The highest BCUT2D eigenvalue weighted by atomic mass is 32.1. The summed E-state index contributed by atoms with van der Waals surface area (Å²) in [5.41, 5.74) is 1.58. The van der Waals surface area contributed by atoms with Crippen LogP contribution in [-0.2, 0) is 5.54 Å². The molecule has 2 aromatic heterocycles. The zero-order valence-corrected chi connectivity index (χ0v) is 14.5. The van der Waals surface area contributed by atoms with Crippen LogP contribution in [0, 0.1) is 6.92 Å². The number of carbonyl (C=O) groups excluding carboxylic acids is 1. The standard InChI is InChI=1S/C17H23N3OS/c1-12-13(11-18-20(12)17(2,3)4)16(21)19-9-5-7-14(19)15-8-6-10-22-15/h6,8,10-11,14H,5,7,9H2,1-4H3/t14-/m0/s1. The first-order valence-electron chi connectivity index (χ1n) is 7.79. The van der Waals surface area contributed by atoms with Crippen molar-refractivity contribution in [2.75, 3.05) is 6.54 Å². The molecule has 1 aliphatic rings. The third kappa shape index (κ3) is 2.58. The Balaban J connectivity index is 1.90. The first-order valence-corrected chi connectivity index (χ1v) is 8.67. The second-order valence-electron chi connectivity index (χ2n) is 6.90. The third-order valence-electron chi connectivity index (χ3n) is 4.26. The van der Waals surface area contributed by atoms with Crippen LogP contribution in [0.25, 0.3) is 0 Å². The predicted octanol–water partition coefficient (Wildman–Crippen LogP) is 3.99. The summed E-state index contributed by atoms with van der Waals surface area (Å²) in [4.78, 5) is 16.3. The van der Waals surface area contributed by atoms with Crippen LogP contribution in [0.4, 0.5) is 0 Å². The fourth-order valence-corrected chi connectivity index (χ4v) is 4.11. The number of rotatable bonds is 2. The Hall–Kier alpha value is -1.62. The van der Waals surface area contributed by atoms with Crippen molar-refractivity contribution in [3.05, 3.63) is 39.8 Å². The molecule has 2 aromatic rings. The van der Waals surface area contributed by atoms with Gasteiger partial charge in [0.2, 0.25) is 0 Å². The van der Waals surface area contributed by atoms with Crippen LogP contribution in [0.15, 0.2) is 23.7 Å². The molecule has 118 valence electrons. The van der Waals surface area contributed by atoms with Gasteiger partial charge in [0.25, 0.3) is 5.91 Å². The van der Waals surface area contributed by atoms with E-state index in [2.05, 4.69) is 43.4 Å². The van der Waals surface area contributed by atoms with Crippen molar-refractivity contribution in [2.24, 2.45) is 0 Å². The lowest BCUT2D eigenvalue weighted by atomic mass is 10.1. The molecule has 22 heavy (non-hydrogen) atoms. The minimum absolute atomic E-state index is 0.110. The Labute approximate surface area is 135 Å². The number of nitrogens with zero attached hydrogens (tertiary/aromatic N) is 3. The van der Waals surface area contributed by atoms with Crippen LogP contribution in [-0.4, -0.2) is 27.1 Å². The van der Waals surface area contributed by atoms with Crippen molar-refractivity contribution < 1.29 is 4.79 Å². The highest BCUT2D eigenvalue weighted by molar-refractivity contribution is 7.10. The molecule has 1 amide bonds. The number of carbonyl (C=O) groups is 1. The minimum atomic E-state index is -0.110. The molecular formula is C17H23N3OS. The topological polar surface area (TPSA) is 38.1 Å². The van der Waals surface area contributed by atoms with Crippen LogP contribution in [0.2, 0.25) is 0 Å². The molecule has 4 nitrogen and oxygen atoms in total. The lowest BCUT2D eigenvalue weighted by molar-refractivity contribution is 0.0737. The molecule has 1 fully saturated rings. The fraction of sp³-hybridized carbons (Fsp3) is 0.529. The van der Waals surface area contributed by atoms with Gasteiger partial charge in [-0.15, -0.1) is 11.3 Å². The van der Waals surface area contributed by atoms with Crippen molar-refractivity contribution in [3.8, 4) is 0 Å². The molecule has 0 spiro atoms. The first-order chi connectivity index (χ1) is 10.4. The molecule has 3 heterocycles. The molecule has 0 N–H and O–H groups in total. The Morgan fingerprint density at radius 2 is 2.18 bits per heavy atom. The summed E-state index contributed by atoms with van der Waals surface area (Å²) in [6.45, 7) is 9.13. The van der Waals surface area contributed by atoms with Crippen molar-refractivity contribution >= 4 is 17.2 Å². The summed E-state index contributed by atoms with van der Waals surface area (Å²) in [7, 11) is 0. The molecule has 0 aliphatic carbocycles. The molecule has 0 bridgehead atoms. The maximum Gasteiger partial charge on any atom is 0.257 e. The summed E-state index contributed by atoms with van der Waals surface area (Å²) in [5, 5.41) is 6.52. The van der Waals surface area contributed by atoms with Crippen molar-refractivity contribution in [1.82, 2.24) is 14.7 Å². The van der Waals surface area contributed by atoms with E-state index in [1.807, 2.05) is 16.5 Å². The zero-order chi connectivity index (χ0) is 15.9. The molecule has 1 aliphatic heterocycles. The first kappa shape index (κ1) is 15.3. The number of hydrogen-bond donors (Lipinski definition) is 0. The summed E-state index contributed by atoms with van der Waals surface area (Å²) in [6, 6.07) is 4.42. The largest absolute Gasteiger partial charge is 0.331 e. The van der Waals surface area contributed by atoms with Gasteiger partial charge in [-0.2, -0.15) is 5.10 Å². The second-order valence-corrected chi connectivity index (χ2v) is 7.88. The van der Waals surface area contributed by atoms with Gasteiger partial charge in [-0.3, -0.25) is 9.48 Å². The summed E-state index contributed by atoms with van der Waals surface area (Å²) < 4.78 is 1.94. The molecule has 5 heteroatoms. The average Bonchev–Trinajstić information content (AvgIpc) is 3.16. The van der Waals surface area contributed by atoms with Gasteiger partial charge in [0.05, 0.1) is 23.3 Å². The lowest BCUT2D eigenvalue weighted by Crippen LogP contribution is -2.31. The second kappa shape index (κ2) is 5.54. The number of amides is 1. The van der Waals surface area contributed by atoms with Crippen LogP contribution in [0.3, 0.4) is 0 Å². The minimum Gasteiger partial charge on any atom is -0.331 e. The van der Waals surface area contributed by atoms with Gasteiger partial charge in [0.15, 0.2) is 0 Å². The fourth-order valence-electron chi connectivity index (χ4n) is 3.24. The smallest absolute Gasteiger partial charge is 0.257 e. The van der Waals surface area contributed by atoms with Gasteiger partial charge in [-0.05, 0) is 52.0 Å². The van der Waals surface area contributed by atoms with E-state index in [4.69, 9.17) is 0 Å². The Bertz CT molecular complexity index is 667. The third-order valence-corrected chi connectivity index (χ3v) is 5.23. The van der Waals surface area contributed by atoms with E-state index in [0.29, 0.717) is 0 Å². The maximum atomic E-state index is 13.0. The van der Waals surface area contributed by atoms with E-state index in [1.54, 1.807) is 17.5 Å². The van der Waals surface area contributed by atoms with Crippen LogP contribution in [0.5, 0.6) is 0 Å². The van der Waals surface area contributed by atoms with Gasteiger partial charge in [-0.1, -0.05) is 6.07 Å². The molecule has 0 radical (unpaired) electrons. The van der Waals surface area contributed by atoms with E-state index >= 15 is 0 Å². The summed E-state index contributed by atoms with van der Waals surface area (Å²) in [5.74, 6) is 0.115. The predicted molar refractivity (Wildman–Crippen MR) is 89.3 cm³/mol.